The molecule has 0 fully saturated rings. The van der Waals surface area contributed by atoms with Crippen LogP contribution in [0.5, 0.6) is 17.2 Å². The van der Waals surface area contributed by atoms with Crippen LogP contribution in [0.2, 0.25) is 0 Å². The van der Waals surface area contributed by atoms with E-state index in [1.54, 1.807) is 29.4 Å². The average molecular weight is 567 g/mol. The van der Waals surface area contributed by atoms with E-state index in [1.807, 2.05) is 80.8 Å². The molecule has 0 spiro atoms. The first kappa shape index (κ1) is 26.9. The molecule has 0 bridgehead atoms. The molecule has 0 radical (unpaired) electrons. The Morgan fingerprint density at radius 3 is 2.51 bits per heavy atom. The monoisotopic (exact) mass is 566 g/mol. The summed E-state index contributed by atoms with van der Waals surface area (Å²) in [7, 11) is 1.51. The maximum absolute atomic E-state index is 13.7. The van der Waals surface area contributed by atoms with E-state index in [1.165, 1.54) is 13.2 Å². The molecule has 8 heteroatoms. The number of hydrogen-bond donors (Lipinski definition) is 2. The molecule has 2 heterocycles. The van der Waals surface area contributed by atoms with Gasteiger partial charge in [-0.05, 0) is 62.9 Å². The molecule has 0 amide bonds. The summed E-state index contributed by atoms with van der Waals surface area (Å²) in [5.74, 6) is 0.368. The molecule has 7 nitrogen and oxygen atoms in total. The molecule has 3 aromatic carbocycles. The number of phenols is 1. The quantitative estimate of drug-likeness (QED) is 0.155. The minimum absolute atomic E-state index is 0.0319. The van der Waals surface area contributed by atoms with Crippen LogP contribution in [0.4, 0.5) is 0 Å². The van der Waals surface area contributed by atoms with Gasteiger partial charge in [-0.1, -0.05) is 36.4 Å². The number of ether oxygens (including phenoxy) is 2. The lowest BCUT2D eigenvalue weighted by molar-refractivity contribution is 0.0966. The van der Waals surface area contributed by atoms with Gasteiger partial charge in [0.25, 0.3) is 0 Å². The summed E-state index contributed by atoms with van der Waals surface area (Å²) in [5, 5.41) is 28.0. The van der Waals surface area contributed by atoms with E-state index in [9.17, 15) is 15.0 Å². The van der Waals surface area contributed by atoms with Crippen LogP contribution in [0, 0.1) is 13.8 Å². The summed E-state index contributed by atoms with van der Waals surface area (Å²) in [6, 6.07) is 17.5. The summed E-state index contributed by atoms with van der Waals surface area (Å²) in [5.41, 5.74) is 3.61. The van der Waals surface area contributed by atoms with Gasteiger partial charge in [0.2, 0.25) is 0 Å². The van der Waals surface area contributed by atoms with E-state index in [4.69, 9.17) is 14.6 Å². The smallest absolute Gasteiger partial charge is 0.193 e. The zero-order chi connectivity index (χ0) is 29.1. The van der Waals surface area contributed by atoms with E-state index in [0.29, 0.717) is 39.6 Å². The standard InChI is InChI=1S/C33H30N2O5S/c1-18-29(37)27(24(36)16-13-20-11-14-22(41-5)15-12-20)31-28(30(18)39-4)33(3)25(40-31)17-23-26(32(33)38)19(2)34-35(23)21-9-7-6-8-10-21/h6-17,32,37-38H,1-5H3/b16-13+/t32-,33+/m1/s1. The SMILES string of the molecule is COc1c(C)c(O)c(C(=O)/C=C/c2ccc(SC)cc2)c2c1[C@]1(C)C(=Cc3c(c(C)nn3-c3ccccc3)[C@H]1O)O2. The molecule has 2 atom stereocenters. The maximum Gasteiger partial charge on any atom is 0.193 e. The number of rotatable bonds is 6. The van der Waals surface area contributed by atoms with E-state index in [0.717, 1.165) is 16.1 Å². The van der Waals surface area contributed by atoms with Crippen LogP contribution in [-0.4, -0.2) is 39.1 Å². The van der Waals surface area contributed by atoms with E-state index >= 15 is 0 Å². The Morgan fingerprint density at radius 2 is 1.85 bits per heavy atom. The van der Waals surface area contributed by atoms with Gasteiger partial charge in [0.05, 0.1) is 41.3 Å². The lowest BCUT2D eigenvalue weighted by Gasteiger charge is -2.34. The number of aromatic hydroxyl groups is 1. The Bertz CT molecular complexity index is 1760. The van der Waals surface area contributed by atoms with Crippen LogP contribution < -0.4 is 9.47 Å². The highest BCUT2D eigenvalue weighted by molar-refractivity contribution is 7.98. The number of aryl methyl sites for hydroxylation is 1. The zero-order valence-corrected chi connectivity index (χ0v) is 24.2. The number of fused-ring (bicyclic) bond motifs is 4. The lowest BCUT2D eigenvalue weighted by Crippen LogP contribution is -2.34. The second-order valence-electron chi connectivity index (χ2n) is 10.4. The minimum Gasteiger partial charge on any atom is -0.507 e. The highest BCUT2D eigenvalue weighted by Gasteiger charge is 2.55. The van der Waals surface area contributed by atoms with Crippen LogP contribution in [0.15, 0.2) is 71.3 Å². The number of ketones is 1. The number of aromatic nitrogens is 2. The molecular formula is C33H30N2O5S. The van der Waals surface area contributed by atoms with Crippen LogP contribution in [-0.2, 0) is 5.41 Å². The number of phenolic OH excluding ortho intramolecular Hbond substituents is 1. The van der Waals surface area contributed by atoms with Crippen molar-refractivity contribution in [2.75, 3.05) is 13.4 Å². The second-order valence-corrected chi connectivity index (χ2v) is 11.3. The molecule has 0 unspecified atom stereocenters. The van der Waals surface area contributed by atoms with Crippen molar-refractivity contribution in [1.82, 2.24) is 9.78 Å². The maximum atomic E-state index is 13.7. The largest absolute Gasteiger partial charge is 0.507 e. The Hall–Kier alpha value is -4.27. The topological polar surface area (TPSA) is 93.8 Å². The summed E-state index contributed by atoms with van der Waals surface area (Å²) in [6.45, 7) is 5.43. The average Bonchev–Trinajstić information content (AvgIpc) is 3.47. The van der Waals surface area contributed by atoms with E-state index in [-0.39, 0.29) is 17.1 Å². The number of carbonyl (C=O) groups is 1. The Balaban J connectivity index is 1.50. The van der Waals surface area contributed by atoms with Crippen LogP contribution in [0.25, 0.3) is 17.8 Å². The molecule has 208 valence electrons. The number of methoxy groups -OCH3 is 1. The fourth-order valence-electron chi connectivity index (χ4n) is 5.85. The predicted molar refractivity (Wildman–Crippen MR) is 160 cm³/mol. The van der Waals surface area contributed by atoms with Crippen molar-refractivity contribution in [1.29, 1.82) is 0 Å². The lowest BCUT2D eigenvalue weighted by atomic mass is 9.70. The molecule has 41 heavy (non-hydrogen) atoms. The molecule has 1 aliphatic carbocycles. The Morgan fingerprint density at radius 1 is 1.15 bits per heavy atom. The number of aliphatic hydroxyl groups is 1. The number of hydrogen-bond acceptors (Lipinski definition) is 7. The first-order chi connectivity index (χ1) is 19.7. The molecule has 1 aromatic heterocycles. The summed E-state index contributed by atoms with van der Waals surface area (Å²) in [4.78, 5) is 14.8. The summed E-state index contributed by atoms with van der Waals surface area (Å²) >= 11 is 1.64. The van der Waals surface area contributed by atoms with Gasteiger partial charge in [-0.3, -0.25) is 4.79 Å². The normalized spacial score (nSPS) is 18.9. The molecule has 4 aromatic rings. The van der Waals surface area contributed by atoms with Crippen molar-refractivity contribution < 1.29 is 24.5 Å². The van der Waals surface area contributed by atoms with Crippen LogP contribution in [0.1, 0.15) is 57.0 Å². The molecule has 0 saturated heterocycles. The number of aliphatic hydroxyl groups excluding tert-OH is 1. The Kier molecular flexibility index (Phi) is 6.55. The first-order valence-electron chi connectivity index (χ1n) is 13.2. The number of benzene rings is 3. The third-order valence-corrected chi connectivity index (χ3v) is 8.83. The van der Waals surface area contributed by atoms with Gasteiger partial charge in [-0.25, -0.2) is 4.68 Å². The fraction of sp³-hybridized carbons (Fsp3) is 0.212. The third-order valence-electron chi connectivity index (χ3n) is 8.08. The molecule has 1 aliphatic heterocycles. The Labute approximate surface area is 242 Å². The second kappa shape index (κ2) is 9.98. The molecule has 2 N–H and O–H groups in total. The van der Waals surface area contributed by atoms with Crippen molar-refractivity contribution in [2.24, 2.45) is 0 Å². The van der Waals surface area contributed by atoms with Crippen molar-refractivity contribution >= 4 is 29.7 Å². The minimum atomic E-state index is -1.09. The third kappa shape index (κ3) is 4.01. The zero-order valence-electron chi connectivity index (χ0n) is 23.4. The van der Waals surface area contributed by atoms with Crippen LogP contribution in [0.3, 0.4) is 0 Å². The van der Waals surface area contributed by atoms with E-state index in [2.05, 4.69) is 0 Å². The van der Waals surface area contributed by atoms with Crippen molar-refractivity contribution in [2.45, 2.75) is 37.2 Å². The summed E-state index contributed by atoms with van der Waals surface area (Å²) in [6.07, 6.45) is 5.95. The number of para-hydroxylation sites is 1. The number of carbonyl (C=O) groups excluding carboxylic acids is 1. The number of nitrogens with zero attached hydrogens (tertiary/aromatic N) is 2. The van der Waals surface area contributed by atoms with Gasteiger partial charge >= 0.3 is 0 Å². The van der Waals surface area contributed by atoms with E-state index < -0.39 is 17.3 Å². The predicted octanol–water partition coefficient (Wildman–Crippen LogP) is 6.56. The van der Waals surface area contributed by atoms with Crippen molar-refractivity contribution in [3.8, 4) is 22.9 Å². The van der Waals surface area contributed by atoms with Crippen molar-refractivity contribution in [3.63, 3.8) is 0 Å². The number of thioether (sulfide) groups is 1. The fourth-order valence-corrected chi connectivity index (χ4v) is 6.26. The molecule has 6 rings (SSSR count). The molecular weight excluding hydrogens is 536 g/mol. The highest BCUT2D eigenvalue weighted by atomic mass is 32.2. The number of allylic oxidation sites excluding steroid dienone is 1. The van der Waals surface area contributed by atoms with Gasteiger partial charge in [-0.15, -0.1) is 11.8 Å². The first-order valence-corrected chi connectivity index (χ1v) is 14.5. The summed E-state index contributed by atoms with van der Waals surface area (Å²) < 4.78 is 14.0. The molecule has 0 saturated carbocycles. The van der Waals surface area contributed by atoms with Gasteiger partial charge in [0.1, 0.15) is 28.6 Å². The van der Waals surface area contributed by atoms with Gasteiger partial charge in [0, 0.05) is 22.1 Å². The van der Waals surface area contributed by atoms with Crippen molar-refractivity contribution in [3.05, 3.63) is 106 Å². The van der Waals surface area contributed by atoms with Gasteiger partial charge in [-0.2, -0.15) is 5.10 Å². The molecule has 2 aliphatic rings. The van der Waals surface area contributed by atoms with Gasteiger partial charge < -0.3 is 19.7 Å². The highest BCUT2D eigenvalue weighted by Crippen LogP contribution is 2.62. The van der Waals surface area contributed by atoms with Gasteiger partial charge in [0.15, 0.2) is 5.78 Å². The van der Waals surface area contributed by atoms with Crippen LogP contribution >= 0.6 is 11.8 Å².